The molecule has 2 aromatic rings. The lowest BCUT2D eigenvalue weighted by Crippen LogP contribution is -2.19. The molecule has 2 nitrogen and oxygen atoms in total. The van der Waals surface area contributed by atoms with Crippen LogP contribution in [0, 0.1) is 0 Å². The highest BCUT2D eigenvalue weighted by molar-refractivity contribution is 5.66. The van der Waals surface area contributed by atoms with E-state index >= 15 is 0 Å². The Kier molecular flexibility index (Phi) is 3.99. The lowest BCUT2D eigenvalue weighted by atomic mass is 9.97. The molecule has 0 bridgehead atoms. The Morgan fingerprint density at radius 2 is 2.06 bits per heavy atom. The number of nitrogens with one attached hydrogen (secondary N) is 1. The number of furan rings is 1. The molecular weight excluding hydrogens is 210 g/mol. The first-order valence-electron chi connectivity index (χ1n) is 6.17. The zero-order valence-corrected chi connectivity index (χ0v) is 10.4. The minimum absolute atomic E-state index is 0.362. The number of benzene rings is 1. The molecule has 0 aliphatic carbocycles. The van der Waals surface area contributed by atoms with Crippen LogP contribution in [0.3, 0.4) is 0 Å². The number of hydrogen-bond acceptors (Lipinski definition) is 2. The minimum Gasteiger partial charge on any atom is -0.472 e. The van der Waals surface area contributed by atoms with Crippen molar-refractivity contribution in [1.29, 1.82) is 0 Å². The molecule has 1 aromatic heterocycles. The van der Waals surface area contributed by atoms with Gasteiger partial charge in [0, 0.05) is 11.6 Å². The fourth-order valence-corrected chi connectivity index (χ4v) is 2.03. The Bertz CT molecular complexity index is 448. The van der Waals surface area contributed by atoms with Gasteiger partial charge in [-0.05, 0) is 37.1 Å². The second-order valence-electron chi connectivity index (χ2n) is 4.28. The van der Waals surface area contributed by atoms with E-state index in [9.17, 15) is 0 Å². The highest BCUT2D eigenvalue weighted by Crippen LogP contribution is 2.28. The lowest BCUT2D eigenvalue weighted by Gasteiger charge is -2.17. The van der Waals surface area contributed by atoms with E-state index in [1.165, 1.54) is 11.1 Å². The van der Waals surface area contributed by atoms with Crippen molar-refractivity contribution in [3.8, 4) is 11.1 Å². The molecule has 2 heteroatoms. The fraction of sp³-hybridized carbons (Fsp3) is 0.333. The summed E-state index contributed by atoms with van der Waals surface area (Å²) in [7, 11) is 0. The molecule has 0 aliphatic heterocycles. The fourth-order valence-electron chi connectivity index (χ4n) is 2.03. The van der Waals surface area contributed by atoms with Crippen molar-refractivity contribution in [2.45, 2.75) is 26.3 Å². The maximum Gasteiger partial charge on any atom is 0.0981 e. The molecule has 1 N–H and O–H groups in total. The van der Waals surface area contributed by atoms with Crippen LogP contribution in [0.15, 0.2) is 47.3 Å². The summed E-state index contributed by atoms with van der Waals surface area (Å²) in [4.78, 5) is 0. The standard InChI is InChI=1S/C15H19NO/c1-3-9-16-12(2)14-6-4-5-7-15(14)13-8-10-17-11-13/h4-8,10-12,16H,3,9H2,1-2H3. The van der Waals surface area contributed by atoms with Gasteiger partial charge < -0.3 is 9.73 Å². The second-order valence-corrected chi connectivity index (χ2v) is 4.28. The van der Waals surface area contributed by atoms with Crippen LogP contribution < -0.4 is 5.32 Å². The predicted molar refractivity (Wildman–Crippen MR) is 70.9 cm³/mol. The summed E-state index contributed by atoms with van der Waals surface area (Å²) in [5.74, 6) is 0. The van der Waals surface area contributed by atoms with Crippen molar-refractivity contribution in [2.75, 3.05) is 6.54 Å². The van der Waals surface area contributed by atoms with E-state index in [-0.39, 0.29) is 0 Å². The van der Waals surface area contributed by atoms with Gasteiger partial charge in [-0.2, -0.15) is 0 Å². The topological polar surface area (TPSA) is 25.2 Å². The quantitative estimate of drug-likeness (QED) is 0.838. The smallest absolute Gasteiger partial charge is 0.0981 e. The molecule has 1 heterocycles. The molecule has 17 heavy (non-hydrogen) atoms. The third-order valence-electron chi connectivity index (χ3n) is 2.96. The van der Waals surface area contributed by atoms with Crippen molar-refractivity contribution in [2.24, 2.45) is 0 Å². The first kappa shape index (κ1) is 11.9. The van der Waals surface area contributed by atoms with Crippen molar-refractivity contribution in [3.05, 3.63) is 48.4 Å². The van der Waals surface area contributed by atoms with Gasteiger partial charge in [0.05, 0.1) is 12.5 Å². The molecule has 0 fully saturated rings. The van der Waals surface area contributed by atoms with E-state index < -0.39 is 0 Å². The Morgan fingerprint density at radius 1 is 1.24 bits per heavy atom. The van der Waals surface area contributed by atoms with Gasteiger partial charge in [-0.1, -0.05) is 31.2 Å². The van der Waals surface area contributed by atoms with Crippen LogP contribution in [0.2, 0.25) is 0 Å². The third-order valence-corrected chi connectivity index (χ3v) is 2.96. The van der Waals surface area contributed by atoms with Gasteiger partial charge >= 0.3 is 0 Å². The molecule has 1 atom stereocenters. The number of hydrogen-bond donors (Lipinski definition) is 1. The molecule has 0 aliphatic rings. The van der Waals surface area contributed by atoms with Crippen LogP contribution in [-0.4, -0.2) is 6.54 Å². The lowest BCUT2D eigenvalue weighted by molar-refractivity contribution is 0.566. The van der Waals surface area contributed by atoms with Gasteiger partial charge in [0.15, 0.2) is 0 Å². The van der Waals surface area contributed by atoms with Gasteiger partial charge in [-0.15, -0.1) is 0 Å². The van der Waals surface area contributed by atoms with Gasteiger partial charge in [-0.25, -0.2) is 0 Å². The summed E-state index contributed by atoms with van der Waals surface area (Å²) < 4.78 is 5.16. The molecule has 0 radical (unpaired) electrons. The van der Waals surface area contributed by atoms with Crippen LogP contribution in [0.5, 0.6) is 0 Å². The van der Waals surface area contributed by atoms with Gasteiger partial charge in [-0.3, -0.25) is 0 Å². The van der Waals surface area contributed by atoms with E-state index in [2.05, 4.69) is 43.4 Å². The summed E-state index contributed by atoms with van der Waals surface area (Å²) in [6.07, 6.45) is 4.67. The van der Waals surface area contributed by atoms with Crippen LogP contribution in [-0.2, 0) is 0 Å². The Labute approximate surface area is 103 Å². The zero-order chi connectivity index (χ0) is 12.1. The molecule has 2 rings (SSSR count). The van der Waals surface area contributed by atoms with E-state index in [4.69, 9.17) is 4.42 Å². The Hall–Kier alpha value is -1.54. The summed E-state index contributed by atoms with van der Waals surface area (Å²) in [5.41, 5.74) is 3.71. The van der Waals surface area contributed by atoms with Gasteiger partial charge in [0.2, 0.25) is 0 Å². The summed E-state index contributed by atoms with van der Waals surface area (Å²) >= 11 is 0. The van der Waals surface area contributed by atoms with Crippen molar-refractivity contribution >= 4 is 0 Å². The van der Waals surface area contributed by atoms with Crippen LogP contribution in [0.4, 0.5) is 0 Å². The summed E-state index contributed by atoms with van der Waals surface area (Å²) in [6, 6.07) is 10.8. The summed E-state index contributed by atoms with van der Waals surface area (Å²) in [5, 5.41) is 3.52. The second kappa shape index (κ2) is 5.69. The first-order chi connectivity index (χ1) is 8.33. The van der Waals surface area contributed by atoms with Crippen LogP contribution in [0.25, 0.3) is 11.1 Å². The zero-order valence-electron chi connectivity index (χ0n) is 10.4. The molecule has 0 saturated heterocycles. The highest BCUT2D eigenvalue weighted by atomic mass is 16.3. The SMILES string of the molecule is CCCNC(C)c1ccccc1-c1ccoc1. The Balaban J connectivity index is 2.28. The minimum atomic E-state index is 0.362. The molecule has 0 saturated carbocycles. The van der Waals surface area contributed by atoms with Crippen LogP contribution >= 0.6 is 0 Å². The predicted octanol–water partition coefficient (Wildman–Crippen LogP) is 4.01. The first-order valence-corrected chi connectivity index (χ1v) is 6.17. The van der Waals surface area contributed by atoms with Gasteiger partial charge in [0.1, 0.15) is 0 Å². The largest absolute Gasteiger partial charge is 0.472 e. The van der Waals surface area contributed by atoms with Gasteiger partial charge in [0.25, 0.3) is 0 Å². The monoisotopic (exact) mass is 229 g/mol. The highest BCUT2D eigenvalue weighted by Gasteiger charge is 2.11. The molecule has 0 amide bonds. The Morgan fingerprint density at radius 3 is 2.76 bits per heavy atom. The van der Waals surface area contributed by atoms with E-state index in [0.29, 0.717) is 6.04 Å². The maximum atomic E-state index is 5.16. The maximum absolute atomic E-state index is 5.16. The van der Waals surface area contributed by atoms with E-state index in [0.717, 1.165) is 18.5 Å². The summed E-state index contributed by atoms with van der Waals surface area (Å²) in [6.45, 7) is 5.43. The normalized spacial score (nSPS) is 12.6. The average Bonchev–Trinajstić information content (AvgIpc) is 2.89. The van der Waals surface area contributed by atoms with E-state index in [1.807, 2.05) is 6.07 Å². The van der Waals surface area contributed by atoms with E-state index in [1.54, 1.807) is 12.5 Å². The van der Waals surface area contributed by atoms with Crippen molar-refractivity contribution in [1.82, 2.24) is 5.32 Å². The molecule has 1 aromatic carbocycles. The van der Waals surface area contributed by atoms with Crippen molar-refractivity contribution < 1.29 is 4.42 Å². The number of rotatable bonds is 5. The molecule has 0 spiro atoms. The third kappa shape index (κ3) is 2.77. The average molecular weight is 229 g/mol. The molecule has 90 valence electrons. The van der Waals surface area contributed by atoms with Crippen LogP contribution in [0.1, 0.15) is 31.9 Å². The van der Waals surface area contributed by atoms with Crippen molar-refractivity contribution in [3.63, 3.8) is 0 Å². The molecular formula is C15H19NO. The molecule has 1 unspecified atom stereocenters.